The number of carbonyl (C=O) groups excluding carboxylic acids is 2. The Morgan fingerprint density at radius 2 is 0.699 bits per heavy atom. The highest BCUT2D eigenvalue weighted by atomic mass is 16.6. The number of hydrogen-bond acceptors (Lipinski definition) is 15. The number of aliphatic hydroxyl groups excluding tert-OH is 4. The molecule has 34 atom stereocenters. The van der Waals surface area contributed by atoms with Gasteiger partial charge in [0, 0.05) is 64.3 Å². The summed E-state index contributed by atoms with van der Waals surface area (Å²) in [7, 11) is 3.30. The molecule has 15 nitrogen and oxygen atoms in total. The van der Waals surface area contributed by atoms with Gasteiger partial charge in [0.05, 0.1) is 91.6 Å². The number of carbonyl (C=O) groups is 2. The van der Waals surface area contributed by atoms with Gasteiger partial charge in [-0.15, -0.1) is 0 Å². The molecule has 0 unspecified atom stereocenters. The fourth-order valence-corrected chi connectivity index (χ4v) is 30.7. The van der Waals surface area contributed by atoms with E-state index in [0.29, 0.717) is 95.3 Å². The van der Waals surface area contributed by atoms with Gasteiger partial charge < -0.3 is 54.0 Å². The van der Waals surface area contributed by atoms with E-state index in [1.54, 1.807) is 35.0 Å². The van der Waals surface area contributed by atoms with Gasteiger partial charge in [-0.25, -0.2) is 0 Å². The van der Waals surface area contributed by atoms with Gasteiger partial charge in [-0.2, -0.15) is 10.5 Å². The molecule has 17 fully saturated rings. The van der Waals surface area contributed by atoms with Crippen LogP contribution in [0.2, 0.25) is 0 Å². The van der Waals surface area contributed by atoms with Gasteiger partial charge in [0.15, 0.2) is 0 Å². The van der Waals surface area contributed by atoms with Crippen LogP contribution in [0.3, 0.4) is 0 Å². The number of rotatable bonds is 13. The number of nitrogens with zero attached hydrogens (tertiary/aromatic N) is 2. The lowest BCUT2D eigenvalue weighted by atomic mass is 9.44. The molecule has 15 heteroatoms. The van der Waals surface area contributed by atoms with Crippen molar-refractivity contribution in [2.24, 2.45) is 150 Å². The Kier molecular flexibility index (Phi) is 30.6. The molecular formula is C98H166N2O13. The third-order valence-electron chi connectivity index (χ3n) is 36.9. The predicted molar refractivity (Wildman–Crippen MR) is 447 cm³/mol. The van der Waals surface area contributed by atoms with Crippen LogP contribution in [0.15, 0.2) is 0 Å². The van der Waals surface area contributed by atoms with Crippen molar-refractivity contribution >= 4 is 11.6 Å². The van der Waals surface area contributed by atoms with Crippen LogP contribution in [-0.4, -0.2) is 145 Å². The van der Waals surface area contributed by atoms with Crippen LogP contribution >= 0.6 is 0 Å². The maximum absolute atomic E-state index is 12.5. The topological polar surface area (TPSA) is 242 Å². The molecule has 1 heterocycles. The van der Waals surface area contributed by atoms with Gasteiger partial charge in [0.1, 0.15) is 11.6 Å². The molecule has 0 aromatic heterocycles. The Labute approximate surface area is 687 Å². The molecule has 16 aliphatic carbocycles. The fraction of sp³-hybridized carbons (Fsp3) is 0.959. The zero-order valence-corrected chi connectivity index (χ0v) is 74.6. The lowest BCUT2D eigenvalue weighted by Gasteiger charge is -2.61. The first kappa shape index (κ1) is 91.6. The van der Waals surface area contributed by atoms with E-state index in [1.807, 2.05) is 6.92 Å². The van der Waals surface area contributed by atoms with Crippen molar-refractivity contribution in [2.45, 2.75) is 389 Å². The highest BCUT2D eigenvalue weighted by Gasteiger charge is 2.67. The zero-order valence-electron chi connectivity index (χ0n) is 74.6. The number of Topliss-reactive ketones (excluding diaryl/α,β-unsaturated/α-hetero) is 2. The number of epoxide rings is 1. The summed E-state index contributed by atoms with van der Waals surface area (Å²) in [5.41, 5.74) is 1.44. The van der Waals surface area contributed by atoms with Crippen LogP contribution in [-0.2, 0) is 38.0 Å². The number of ketones is 2. The standard InChI is InChI=1S/2C23H37NO2.C22H36O3.C19H28O2.C4H10O2.C4H10O.C3H8O/c2*1-4-11-26-21-13-23(3)15(12-20(21)25)5-7-17-18-8-6-16(14-24)22(18,2)10-9-19(17)23;1-4-11-25-19-13-22(3)14(12-18(19)23)5-6-15-16-7-8-20(24)21(16,2)10-9-17(15)22;1-18-8-7-14-12(13(18)5-6-17(18)20)4-3-11-9-15-16(21-15)10-19(11,14)2;1-5-3-4-6-2;1-4(2,3)5;1-2-3-4/h2*15-21,25H,4-13H2,1-3H3;14-19,23H,4-13H2,1-3H3;11-16H,3-10H2,1-2H3;3-4H2,1-2H3;5H,1-3H3;4H,2-3H2,1H3/t15-,16+,17-,18-,19-,20-,21-,22+,23-;15-,16-,17-,18-,19-,20-,21-,22+,23-;14-,15-,16-,17-,18-,19-,21-,22-;11-,12-,13-,14-,15-,16+,18-,19-;;;/m0000.../s1. The molecule has 17 rings (SSSR count). The monoisotopic (exact) mass is 1580 g/mol. The van der Waals surface area contributed by atoms with E-state index in [4.69, 9.17) is 29.2 Å². The maximum atomic E-state index is 12.5. The first-order chi connectivity index (χ1) is 53.6. The van der Waals surface area contributed by atoms with Gasteiger partial charge in [-0.1, -0.05) is 83.1 Å². The molecule has 5 N–H and O–H groups in total. The fourth-order valence-electron chi connectivity index (χ4n) is 30.7. The minimum Gasteiger partial charge on any atom is -0.396 e. The van der Waals surface area contributed by atoms with Crippen molar-refractivity contribution in [3.63, 3.8) is 0 Å². The van der Waals surface area contributed by atoms with E-state index in [1.165, 1.54) is 122 Å². The van der Waals surface area contributed by atoms with E-state index in [9.17, 15) is 35.4 Å². The van der Waals surface area contributed by atoms with E-state index >= 15 is 0 Å². The highest BCUT2D eigenvalue weighted by molar-refractivity contribution is 5.87. The first-order valence-electron chi connectivity index (χ1n) is 47.3. The number of methoxy groups -OCH3 is 2. The summed E-state index contributed by atoms with van der Waals surface area (Å²) < 4.78 is 33.4. The second-order valence-electron chi connectivity index (χ2n) is 43.9. The van der Waals surface area contributed by atoms with Crippen molar-refractivity contribution in [3.8, 4) is 12.1 Å². The third-order valence-corrected chi connectivity index (χ3v) is 36.9. The lowest BCUT2D eigenvalue weighted by Crippen LogP contribution is -2.57. The Bertz CT molecular complexity index is 3050. The van der Waals surface area contributed by atoms with Crippen LogP contribution in [0, 0.1) is 173 Å². The summed E-state index contributed by atoms with van der Waals surface area (Å²) in [6, 6.07) is 5.30. The molecule has 1 saturated heterocycles. The van der Waals surface area contributed by atoms with Crippen LogP contribution < -0.4 is 0 Å². The Balaban J connectivity index is 0.000000140. The van der Waals surface area contributed by atoms with E-state index in [0.717, 1.165) is 188 Å². The quantitative estimate of drug-likeness (QED) is 0.0851. The SMILES string of the molecule is CC(C)(C)O.CCCO.CCCO[C@H]1C[C@@]2(C)[C@@H](CC[C@@H]3[C@@H]2CC[C@]2(C)C(=O)CC[C@@H]32)C[C@@H]1O.CCCO[C@H]1C[C@@]2(C)[C@@H](CC[C@@H]3[C@@H]2CC[C@]2(C)[C@@H](C#N)CC[C@@H]32)C[C@@H]1O.CCCO[C@H]1C[C@@]2(C)[C@@H](CC[C@@H]3[C@@H]2CC[C@]2(C)[C@H](C#N)CC[C@@H]32)C[C@@H]1O.COCCOC.C[C@]12C[C@H]3O[C@H]3C[C@@H]1CC[C@@H]1[C@@H]2CC[C@]2(C)C(=O)CC[C@@H]12. The minimum absolute atomic E-state index is 0.0125. The normalized spacial score (nSPS) is 48.8. The van der Waals surface area contributed by atoms with Crippen molar-refractivity contribution in [1.29, 1.82) is 10.5 Å². The smallest absolute Gasteiger partial charge is 0.139 e. The Hall–Kier alpha value is -2.12. The van der Waals surface area contributed by atoms with Crippen LogP contribution in [0.4, 0.5) is 0 Å². The molecule has 0 spiro atoms. The average Bonchev–Trinajstić information content (AvgIpc) is 1.67. The number of fused-ring (bicyclic) bond motifs is 21. The number of aliphatic hydroxyl groups is 5. The molecule has 0 aromatic rings. The van der Waals surface area contributed by atoms with Gasteiger partial charge in [-0.3, -0.25) is 9.59 Å². The molecule has 0 bridgehead atoms. The van der Waals surface area contributed by atoms with E-state index < -0.39 is 5.60 Å². The van der Waals surface area contributed by atoms with Gasteiger partial charge in [0.25, 0.3) is 0 Å². The molecule has 0 amide bonds. The van der Waals surface area contributed by atoms with Gasteiger partial charge >= 0.3 is 0 Å². The Morgan fingerprint density at radius 1 is 0.398 bits per heavy atom. The lowest BCUT2D eigenvalue weighted by molar-refractivity contribution is -0.171. The summed E-state index contributed by atoms with van der Waals surface area (Å²) in [6.45, 7) is 37.0. The summed E-state index contributed by atoms with van der Waals surface area (Å²) in [5.74, 6) is 13.5. The second kappa shape index (κ2) is 37.7. The summed E-state index contributed by atoms with van der Waals surface area (Å²) in [5, 5.41) is 67.6. The van der Waals surface area contributed by atoms with Crippen molar-refractivity contribution in [3.05, 3.63) is 0 Å². The van der Waals surface area contributed by atoms with E-state index in [2.05, 4.69) is 97.8 Å². The minimum atomic E-state index is -0.500. The second-order valence-corrected chi connectivity index (χ2v) is 43.9. The summed E-state index contributed by atoms with van der Waals surface area (Å²) in [4.78, 5) is 24.9. The molecule has 113 heavy (non-hydrogen) atoms. The highest BCUT2D eigenvalue weighted by Crippen LogP contribution is 2.72. The number of nitriles is 2. The third kappa shape index (κ3) is 18.4. The van der Waals surface area contributed by atoms with Crippen molar-refractivity contribution in [2.75, 3.05) is 53.9 Å². The molecule has 646 valence electrons. The van der Waals surface area contributed by atoms with Crippen molar-refractivity contribution in [1.82, 2.24) is 0 Å². The zero-order chi connectivity index (χ0) is 82.0. The van der Waals surface area contributed by atoms with Crippen LogP contribution in [0.1, 0.15) is 335 Å². The Morgan fingerprint density at radius 3 is 1.01 bits per heavy atom. The number of ether oxygens (including phenoxy) is 6. The van der Waals surface area contributed by atoms with Crippen LogP contribution in [0.25, 0.3) is 0 Å². The van der Waals surface area contributed by atoms with Gasteiger partial charge in [-0.05, 0) is 366 Å². The molecule has 0 radical (unpaired) electrons. The summed E-state index contributed by atoms with van der Waals surface area (Å²) in [6.07, 6.45) is 41.7. The summed E-state index contributed by atoms with van der Waals surface area (Å²) >= 11 is 0. The average molecular weight is 1580 g/mol. The molecule has 17 aliphatic rings. The predicted octanol–water partition coefficient (Wildman–Crippen LogP) is 19.7. The maximum Gasteiger partial charge on any atom is 0.139 e. The van der Waals surface area contributed by atoms with Crippen molar-refractivity contribution < 1.29 is 63.5 Å². The van der Waals surface area contributed by atoms with E-state index in [-0.39, 0.29) is 75.5 Å². The largest absolute Gasteiger partial charge is 0.396 e. The molecular weight excluding hydrogens is 1410 g/mol. The first-order valence-corrected chi connectivity index (χ1v) is 47.3. The molecule has 16 saturated carbocycles. The van der Waals surface area contributed by atoms with Crippen LogP contribution in [0.5, 0.6) is 0 Å². The molecule has 0 aromatic carbocycles. The molecule has 1 aliphatic heterocycles. The number of hydrogen-bond donors (Lipinski definition) is 5. The van der Waals surface area contributed by atoms with Gasteiger partial charge in [0.2, 0.25) is 0 Å².